The molecule has 0 bridgehead atoms. The summed E-state index contributed by atoms with van der Waals surface area (Å²) in [5, 5.41) is 5.31. The third kappa shape index (κ3) is 5.28. The molecule has 2 N–H and O–H groups in total. The first-order chi connectivity index (χ1) is 14.4. The number of halogens is 1. The maximum Gasteiger partial charge on any atom is 0.321 e. The summed E-state index contributed by atoms with van der Waals surface area (Å²) in [6.07, 6.45) is 0. The van der Waals surface area contributed by atoms with E-state index in [9.17, 15) is 14.4 Å². The molecule has 9 heteroatoms. The second-order valence-electron chi connectivity index (χ2n) is 6.52. The number of rotatable bonds is 6. The average molecular weight is 489 g/mol. The van der Waals surface area contributed by atoms with E-state index in [1.165, 1.54) is 4.57 Å². The molecule has 1 aromatic heterocycles. The maximum atomic E-state index is 12.8. The number of fused-ring (bicyclic) bond motifs is 1. The summed E-state index contributed by atoms with van der Waals surface area (Å²) in [5.41, 5.74) is 1.32. The Morgan fingerprint density at radius 1 is 1.20 bits per heavy atom. The Hall–Kier alpha value is -2.65. The number of benzene rings is 2. The maximum absolute atomic E-state index is 12.8. The third-order valence-corrected chi connectivity index (χ3v) is 5.96. The number of carbonyl (C=O) groups excluding carboxylic acids is 2. The van der Waals surface area contributed by atoms with E-state index in [-0.39, 0.29) is 5.56 Å². The zero-order chi connectivity index (χ0) is 21.7. The summed E-state index contributed by atoms with van der Waals surface area (Å²) in [6, 6.07) is 14.1. The first-order valence-corrected chi connectivity index (χ1v) is 11.1. The lowest BCUT2D eigenvalue weighted by atomic mass is 10.2. The van der Waals surface area contributed by atoms with Crippen molar-refractivity contribution in [2.45, 2.75) is 37.3 Å². The van der Waals surface area contributed by atoms with Gasteiger partial charge in [-0.2, -0.15) is 0 Å². The van der Waals surface area contributed by atoms with Crippen molar-refractivity contribution in [2.75, 3.05) is 0 Å². The first-order valence-electron chi connectivity index (χ1n) is 9.38. The topological polar surface area (TPSA) is 93.1 Å². The van der Waals surface area contributed by atoms with Gasteiger partial charge in [0, 0.05) is 17.6 Å². The van der Waals surface area contributed by atoms with Crippen LogP contribution in [0.5, 0.6) is 0 Å². The van der Waals surface area contributed by atoms with Gasteiger partial charge in [0.1, 0.15) is 0 Å². The van der Waals surface area contributed by atoms with Gasteiger partial charge in [-0.1, -0.05) is 58.0 Å². The molecular formula is C21H21BrN4O3S. The SMILES string of the molecule is CCn1c(SC(C)C(=O)NC(=O)NCc2ccccc2)nc2ccc(Br)cc2c1=O. The fraction of sp³-hybridized carbons (Fsp3) is 0.238. The van der Waals surface area contributed by atoms with Gasteiger partial charge in [0.2, 0.25) is 5.91 Å². The average Bonchev–Trinajstić information content (AvgIpc) is 2.74. The molecule has 156 valence electrons. The molecule has 0 aliphatic carbocycles. The summed E-state index contributed by atoms with van der Waals surface area (Å²) in [6.45, 7) is 4.25. The number of amides is 3. The molecule has 0 aliphatic heterocycles. The number of hydrogen-bond donors (Lipinski definition) is 2. The zero-order valence-corrected chi connectivity index (χ0v) is 18.9. The van der Waals surface area contributed by atoms with Crippen molar-refractivity contribution in [3.63, 3.8) is 0 Å². The van der Waals surface area contributed by atoms with Crippen molar-refractivity contribution >= 4 is 50.5 Å². The van der Waals surface area contributed by atoms with Gasteiger partial charge in [0.25, 0.3) is 5.56 Å². The summed E-state index contributed by atoms with van der Waals surface area (Å²) in [7, 11) is 0. The number of carbonyl (C=O) groups is 2. The summed E-state index contributed by atoms with van der Waals surface area (Å²) in [5.74, 6) is -0.460. The van der Waals surface area contributed by atoms with E-state index in [1.54, 1.807) is 19.1 Å². The van der Waals surface area contributed by atoms with Crippen LogP contribution in [0.2, 0.25) is 0 Å². The van der Waals surface area contributed by atoms with Crippen LogP contribution in [-0.2, 0) is 17.9 Å². The second-order valence-corrected chi connectivity index (χ2v) is 8.75. The Kier molecular flexibility index (Phi) is 7.28. The van der Waals surface area contributed by atoms with Gasteiger partial charge >= 0.3 is 6.03 Å². The molecule has 3 rings (SSSR count). The van der Waals surface area contributed by atoms with Crippen LogP contribution in [0.4, 0.5) is 4.79 Å². The number of imide groups is 1. The number of nitrogens with zero attached hydrogens (tertiary/aromatic N) is 2. The summed E-state index contributed by atoms with van der Waals surface area (Å²) >= 11 is 4.51. The Balaban J connectivity index is 1.68. The van der Waals surface area contributed by atoms with E-state index >= 15 is 0 Å². The van der Waals surface area contributed by atoms with Crippen molar-refractivity contribution in [1.82, 2.24) is 20.2 Å². The fourth-order valence-corrected chi connectivity index (χ4v) is 4.12. The molecule has 1 atom stereocenters. The van der Waals surface area contributed by atoms with Gasteiger partial charge < -0.3 is 5.32 Å². The standard InChI is InChI=1S/C21H21BrN4O3S/c1-3-26-19(28)16-11-15(22)9-10-17(16)24-21(26)30-13(2)18(27)25-20(29)23-12-14-7-5-4-6-8-14/h4-11,13H,3,12H2,1-2H3,(H2,23,25,27,29). The minimum absolute atomic E-state index is 0.167. The van der Waals surface area contributed by atoms with Gasteiger partial charge in [-0.3, -0.25) is 19.5 Å². The van der Waals surface area contributed by atoms with E-state index in [0.29, 0.717) is 29.1 Å². The van der Waals surface area contributed by atoms with Gasteiger partial charge in [0.05, 0.1) is 16.2 Å². The number of nitrogens with one attached hydrogen (secondary N) is 2. The largest absolute Gasteiger partial charge is 0.334 e. The Bertz CT molecular complexity index is 1130. The summed E-state index contributed by atoms with van der Waals surface area (Å²) in [4.78, 5) is 41.8. The number of urea groups is 1. The highest BCUT2D eigenvalue weighted by atomic mass is 79.9. The molecule has 1 heterocycles. The molecule has 7 nitrogen and oxygen atoms in total. The molecule has 0 fully saturated rings. The normalized spacial score (nSPS) is 11.8. The lowest BCUT2D eigenvalue weighted by Gasteiger charge is -2.15. The molecule has 0 saturated heterocycles. The Morgan fingerprint density at radius 2 is 1.93 bits per heavy atom. The van der Waals surface area contributed by atoms with Gasteiger partial charge in [-0.15, -0.1) is 0 Å². The number of thioether (sulfide) groups is 1. The molecule has 3 amide bonds. The second kappa shape index (κ2) is 9.90. The first kappa shape index (κ1) is 22.0. The van der Waals surface area contributed by atoms with Crippen molar-refractivity contribution in [3.05, 3.63) is 68.9 Å². The smallest absolute Gasteiger partial charge is 0.321 e. The van der Waals surface area contributed by atoms with Crippen molar-refractivity contribution in [2.24, 2.45) is 0 Å². The van der Waals surface area contributed by atoms with Crippen LogP contribution in [0.15, 0.2) is 63.0 Å². The predicted molar refractivity (Wildman–Crippen MR) is 122 cm³/mol. The molecule has 2 aromatic carbocycles. The Morgan fingerprint density at radius 3 is 2.63 bits per heavy atom. The van der Waals surface area contributed by atoms with Crippen molar-refractivity contribution < 1.29 is 9.59 Å². The van der Waals surface area contributed by atoms with Crippen molar-refractivity contribution in [3.8, 4) is 0 Å². The molecule has 30 heavy (non-hydrogen) atoms. The highest BCUT2D eigenvalue weighted by Gasteiger charge is 2.20. The minimum atomic E-state index is -0.620. The lowest BCUT2D eigenvalue weighted by Crippen LogP contribution is -2.42. The lowest BCUT2D eigenvalue weighted by molar-refractivity contribution is -0.119. The highest BCUT2D eigenvalue weighted by molar-refractivity contribution is 9.10. The van der Waals surface area contributed by atoms with Gasteiger partial charge in [-0.25, -0.2) is 9.78 Å². The fourth-order valence-electron chi connectivity index (χ4n) is 2.79. The molecule has 0 aliphatic rings. The molecule has 1 unspecified atom stereocenters. The monoisotopic (exact) mass is 488 g/mol. The highest BCUT2D eigenvalue weighted by Crippen LogP contribution is 2.24. The van der Waals surface area contributed by atoms with Crippen LogP contribution in [0, 0.1) is 0 Å². The van der Waals surface area contributed by atoms with E-state index in [4.69, 9.17) is 0 Å². The van der Waals surface area contributed by atoms with E-state index in [0.717, 1.165) is 21.8 Å². The number of hydrogen-bond acceptors (Lipinski definition) is 5. The van der Waals surface area contributed by atoms with Crippen molar-refractivity contribution in [1.29, 1.82) is 0 Å². The molecule has 0 spiro atoms. The number of aromatic nitrogens is 2. The van der Waals surface area contributed by atoms with Gasteiger partial charge in [0.15, 0.2) is 5.16 Å². The van der Waals surface area contributed by atoms with Crippen LogP contribution in [0.1, 0.15) is 19.4 Å². The van der Waals surface area contributed by atoms with Crippen LogP contribution >= 0.6 is 27.7 Å². The quantitative estimate of drug-likeness (QED) is 0.407. The summed E-state index contributed by atoms with van der Waals surface area (Å²) < 4.78 is 2.32. The minimum Gasteiger partial charge on any atom is -0.334 e. The van der Waals surface area contributed by atoms with Gasteiger partial charge in [-0.05, 0) is 37.6 Å². The molecule has 0 radical (unpaired) electrons. The van der Waals surface area contributed by atoms with E-state index in [2.05, 4.69) is 31.5 Å². The zero-order valence-electron chi connectivity index (χ0n) is 16.5. The van der Waals surface area contributed by atoms with Crippen LogP contribution in [-0.4, -0.2) is 26.7 Å². The van der Waals surface area contributed by atoms with Crippen LogP contribution in [0.25, 0.3) is 10.9 Å². The van der Waals surface area contributed by atoms with Crippen LogP contribution in [0.3, 0.4) is 0 Å². The third-order valence-electron chi connectivity index (χ3n) is 4.38. The molecule has 3 aromatic rings. The van der Waals surface area contributed by atoms with Crippen LogP contribution < -0.4 is 16.2 Å². The molecular weight excluding hydrogens is 468 g/mol. The van der Waals surface area contributed by atoms with E-state index < -0.39 is 17.2 Å². The molecule has 0 saturated carbocycles. The Labute approximate surface area is 186 Å². The van der Waals surface area contributed by atoms with E-state index in [1.807, 2.05) is 43.3 Å². The predicted octanol–water partition coefficient (Wildman–Crippen LogP) is 3.69.